The Kier molecular flexibility index (Phi) is 31.9. The number of aliphatic carboxylic acids is 1. The van der Waals surface area contributed by atoms with Crippen LogP contribution in [0.2, 0.25) is 0 Å². The van der Waals surface area contributed by atoms with E-state index in [0.29, 0.717) is 19.4 Å². The summed E-state index contributed by atoms with van der Waals surface area (Å²) in [6, 6.07) is 26.5. The molecule has 4 aromatic carbocycles. The summed E-state index contributed by atoms with van der Waals surface area (Å²) in [4.78, 5) is 124. The summed E-state index contributed by atoms with van der Waals surface area (Å²) in [6.45, 7) is 8.06. The molecule has 474 valence electrons. The van der Waals surface area contributed by atoms with Gasteiger partial charge in [-0.25, -0.2) is 4.79 Å². The van der Waals surface area contributed by atoms with E-state index in [1.54, 1.807) is 24.3 Å². The Hall–Kier alpha value is -8.05. The van der Waals surface area contributed by atoms with Gasteiger partial charge in [0.05, 0.1) is 12.1 Å². The summed E-state index contributed by atoms with van der Waals surface area (Å²) < 4.78 is 0. The second-order valence-corrected chi connectivity index (χ2v) is 23.0. The number of carboxylic acids is 1. The lowest BCUT2D eigenvalue weighted by atomic mass is 9.99. The third kappa shape index (κ3) is 27.0. The van der Waals surface area contributed by atoms with Crippen molar-refractivity contribution in [1.29, 1.82) is 0 Å². The van der Waals surface area contributed by atoms with Crippen molar-refractivity contribution >= 4 is 53.2 Å². The number of benzene rings is 4. The van der Waals surface area contributed by atoms with Crippen LogP contribution in [0.4, 0.5) is 0 Å². The van der Waals surface area contributed by atoms with Crippen LogP contribution in [0, 0.1) is 11.8 Å². The minimum Gasteiger partial charge on any atom is -0.480 e. The first kappa shape index (κ1) is 71.4. The summed E-state index contributed by atoms with van der Waals surface area (Å²) >= 11 is 0. The molecule has 22 nitrogen and oxygen atoms in total. The van der Waals surface area contributed by atoms with E-state index in [-0.39, 0.29) is 102 Å². The molecule has 4 rings (SSSR count). The van der Waals surface area contributed by atoms with Crippen molar-refractivity contribution in [3.05, 3.63) is 144 Å². The maximum absolute atomic E-state index is 14.1. The van der Waals surface area contributed by atoms with Gasteiger partial charge in [-0.2, -0.15) is 0 Å². The fourth-order valence-corrected chi connectivity index (χ4v) is 9.78. The summed E-state index contributed by atoms with van der Waals surface area (Å²) in [6.07, 6.45) is 3.07. The normalized spacial score (nSPS) is 14.3. The molecule has 0 heterocycles. The van der Waals surface area contributed by atoms with Crippen LogP contribution in [0.25, 0.3) is 0 Å². The highest BCUT2D eigenvalue weighted by molar-refractivity contribution is 5.97. The van der Waals surface area contributed by atoms with Gasteiger partial charge in [-0.1, -0.05) is 149 Å². The van der Waals surface area contributed by atoms with Crippen molar-refractivity contribution < 1.29 is 48.3 Å². The summed E-state index contributed by atoms with van der Waals surface area (Å²) in [7, 11) is 0. The quantitative estimate of drug-likeness (QED) is 0.0285. The molecular weight excluding hydrogens is 1110 g/mol. The van der Waals surface area contributed by atoms with E-state index in [4.69, 9.17) is 22.9 Å². The van der Waals surface area contributed by atoms with Gasteiger partial charge in [-0.3, -0.25) is 38.4 Å². The Labute approximate surface area is 512 Å². The average molecular weight is 1200 g/mol. The maximum atomic E-state index is 14.1. The molecule has 0 bridgehead atoms. The van der Waals surface area contributed by atoms with Gasteiger partial charge >= 0.3 is 5.97 Å². The number of rotatable bonds is 40. The molecule has 0 aliphatic carbocycles. The lowest BCUT2D eigenvalue weighted by molar-refractivity contribution is -0.142. The highest BCUT2D eigenvalue weighted by atomic mass is 16.4. The first-order valence-electron chi connectivity index (χ1n) is 30.4. The van der Waals surface area contributed by atoms with E-state index in [1.807, 2.05) is 125 Å². The van der Waals surface area contributed by atoms with Crippen LogP contribution in [-0.4, -0.2) is 132 Å². The number of nitrogens with two attached hydrogens (primary N) is 4. The number of carbonyl (C=O) groups is 9. The Morgan fingerprint density at radius 3 is 1.03 bits per heavy atom. The first-order valence-corrected chi connectivity index (χ1v) is 30.4. The molecule has 8 amide bonds. The number of unbranched alkanes of at least 4 members (excludes halogenated alkanes) is 2. The number of carboxylic acid groups (broad SMARTS) is 1. The fourth-order valence-electron chi connectivity index (χ4n) is 9.78. The molecule has 0 saturated carbocycles. The van der Waals surface area contributed by atoms with Gasteiger partial charge < -0.3 is 70.6 Å². The summed E-state index contributed by atoms with van der Waals surface area (Å²) in [5.74, 6) is -6.49. The molecule has 0 spiro atoms. The van der Waals surface area contributed by atoms with Crippen molar-refractivity contribution in [1.82, 2.24) is 42.5 Å². The molecule has 22 heteroatoms. The van der Waals surface area contributed by atoms with Crippen LogP contribution in [0.3, 0.4) is 0 Å². The number of carbonyl (C=O) groups excluding carboxylic acids is 8. The van der Waals surface area contributed by atoms with Crippen LogP contribution in [-0.2, 0) is 68.8 Å². The van der Waals surface area contributed by atoms with Crippen LogP contribution < -0.4 is 65.5 Å². The van der Waals surface area contributed by atoms with Crippen LogP contribution >= 0.6 is 0 Å². The predicted molar refractivity (Wildman–Crippen MR) is 335 cm³/mol. The van der Waals surface area contributed by atoms with Crippen LogP contribution in [0.15, 0.2) is 121 Å². The zero-order chi connectivity index (χ0) is 63.7. The summed E-state index contributed by atoms with van der Waals surface area (Å²) in [5, 5.41) is 32.4. The number of amides is 8. The topological polar surface area (TPSA) is 374 Å². The molecule has 0 unspecified atom stereocenters. The smallest absolute Gasteiger partial charge is 0.326 e. The van der Waals surface area contributed by atoms with Gasteiger partial charge in [0.1, 0.15) is 42.3 Å². The number of nitrogens with one attached hydrogen (secondary N) is 8. The standard InChI is InChI=1S/C65H94N12O10/c1-42(2)36-53(76-63(84)55(40-46-26-13-7-14-27-46)74-57(78)48(68)38-44-22-9-5-10-23-44)61(82)71-50(30-17-19-33-66)59(80)70-35-20-18-31-52(65(86)87)73-60(81)51(32-21-34-67)72-62(83)54(37-43(3)4)77-64(85)56(41-47-28-15-8-16-29-47)75-58(79)49(69)39-45-24-11-6-12-25-45/h5-16,22-29,42-43,48-56H,17-21,30-41,66-69H2,1-4H3,(H,70,80)(H,71,82)(H,72,83)(H,73,81)(H,74,78)(H,75,79)(H,76,84)(H,77,85)(H,86,87)/t48-,49-,50-,51-,52+,53-,54-,55-,56-/m1/s1. The minimum atomic E-state index is -1.39. The van der Waals surface area contributed by atoms with Gasteiger partial charge in [-0.15, -0.1) is 0 Å². The van der Waals surface area contributed by atoms with E-state index in [9.17, 15) is 48.3 Å². The first-order chi connectivity index (χ1) is 41.7. The Morgan fingerprint density at radius 1 is 0.356 bits per heavy atom. The number of hydrogen-bond donors (Lipinski definition) is 13. The van der Waals surface area contributed by atoms with Gasteiger partial charge in [0.15, 0.2) is 0 Å². The van der Waals surface area contributed by atoms with E-state index >= 15 is 0 Å². The van der Waals surface area contributed by atoms with Crippen LogP contribution in [0.5, 0.6) is 0 Å². The molecule has 17 N–H and O–H groups in total. The Balaban J connectivity index is 1.38. The molecule has 9 atom stereocenters. The molecule has 4 aromatic rings. The third-order valence-corrected chi connectivity index (χ3v) is 14.5. The van der Waals surface area contributed by atoms with Crippen molar-refractivity contribution in [3.63, 3.8) is 0 Å². The van der Waals surface area contributed by atoms with Crippen molar-refractivity contribution in [2.45, 2.75) is 172 Å². The van der Waals surface area contributed by atoms with E-state index < -0.39 is 108 Å². The molecule has 0 aliphatic rings. The predicted octanol–water partition coefficient (Wildman–Crippen LogP) is 2.34. The van der Waals surface area contributed by atoms with E-state index in [1.165, 1.54) is 0 Å². The highest BCUT2D eigenvalue weighted by Gasteiger charge is 2.34. The third-order valence-electron chi connectivity index (χ3n) is 14.5. The Bertz CT molecular complexity index is 2760. The number of hydrogen-bond acceptors (Lipinski definition) is 13. The molecule has 0 fully saturated rings. The van der Waals surface area contributed by atoms with Crippen molar-refractivity contribution in [2.75, 3.05) is 19.6 Å². The van der Waals surface area contributed by atoms with Gasteiger partial charge in [-0.05, 0) is 124 Å². The molecular formula is C65H94N12O10. The van der Waals surface area contributed by atoms with E-state index in [0.717, 1.165) is 22.3 Å². The second-order valence-electron chi connectivity index (χ2n) is 23.0. The lowest BCUT2D eigenvalue weighted by Crippen LogP contribution is -2.59. The zero-order valence-corrected chi connectivity index (χ0v) is 50.8. The monoisotopic (exact) mass is 1200 g/mol. The van der Waals surface area contributed by atoms with Crippen molar-refractivity contribution in [3.8, 4) is 0 Å². The SMILES string of the molecule is CC(C)C[C@@H](NC(=O)[C@@H](Cc1ccccc1)NC(=O)[C@H](N)Cc1ccccc1)C(=O)N[C@H](CCCCN)C(=O)NCCCC[C@H](NC(=O)[C@@H](CCCN)NC(=O)[C@@H](CC(C)C)NC(=O)[C@@H](Cc1ccccc1)NC(=O)[C@H](N)Cc1ccccc1)C(=O)O. The fraction of sp³-hybridized carbons (Fsp3) is 0.492. The van der Waals surface area contributed by atoms with Gasteiger partial charge in [0, 0.05) is 19.4 Å². The van der Waals surface area contributed by atoms with Gasteiger partial charge in [0.25, 0.3) is 0 Å². The average Bonchev–Trinajstić information content (AvgIpc) is 3.70. The maximum Gasteiger partial charge on any atom is 0.326 e. The zero-order valence-electron chi connectivity index (χ0n) is 50.8. The molecule has 0 radical (unpaired) electrons. The Morgan fingerprint density at radius 2 is 0.655 bits per heavy atom. The minimum absolute atomic E-state index is 0.0477. The molecule has 0 aliphatic heterocycles. The summed E-state index contributed by atoms with van der Waals surface area (Å²) in [5.41, 5.74) is 27.4. The largest absolute Gasteiger partial charge is 0.480 e. The second kappa shape index (κ2) is 38.9. The van der Waals surface area contributed by atoms with Gasteiger partial charge in [0.2, 0.25) is 47.3 Å². The molecule has 87 heavy (non-hydrogen) atoms. The van der Waals surface area contributed by atoms with E-state index in [2.05, 4.69) is 42.5 Å². The molecule has 0 aromatic heterocycles. The lowest BCUT2D eigenvalue weighted by Gasteiger charge is -2.27. The highest BCUT2D eigenvalue weighted by Crippen LogP contribution is 2.14. The van der Waals surface area contributed by atoms with Crippen LogP contribution in [0.1, 0.15) is 114 Å². The van der Waals surface area contributed by atoms with Crippen molar-refractivity contribution in [2.24, 2.45) is 34.8 Å². The molecule has 0 saturated heterocycles.